The summed E-state index contributed by atoms with van der Waals surface area (Å²) in [6, 6.07) is 0. The van der Waals surface area contributed by atoms with E-state index in [0.717, 1.165) is 0 Å². The van der Waals surface area contributed by atoms with Gasteiger partial charge in [-0.15, -0.1) is 0 Å². The molecule has 0 heterocycles. The maximum absolute atomic E-state index is 10.1. The number of amides is 1. The van der Waals surface area contributed by atoms with Gasteiger partial charge in [-0.2, -0.15) is 0 Å². The molecule has 5 heteroatoms. The fourth-order valence-electron chi connectivity index (χ4n) is 0.381. The van der Waals surface area contributed by atoms with Gasteiger partial charge in [0.1, 0.15) is 0 Å². The largest absolute Gasteiger partial charge is 0.408 e. The van der Waals surface area contributed by atoms with Crippen LogP contribution in [0.3, 0.4) is 0 Å². The van der Waals surface area contributed by atoms with Crippen molar-refractivity contribution >= 4 is 6.09 Å². The lowest BCUT2D eigenvalue weighted by Gasteiger charge is -2.12. The van der Waals surface area contributed by atoms with E-state index < -0.39 is 12.6 Å². The topological polar surface area (TPSA) is 70.8 Å². The first-order chi connectivity index (χ1) is 4.70. The molecule has 0 radical (unpaired) electrons. The SMILES string of the molecule is CCOC(OC)OC(N)=O. The molecule has 0 aliphatic rings. The molecule has 0 spiro atoms. The van der Waals surface area contributed by atoms with Crippen molar-refractivity contribution in [3.8, 4) is 0 Å². The first-order valence-corrected chi connectivity index (χ1v) is 2.81. The summed E-state index contributed by atoms with van der Waals surface area (Å²) >= 11 is 0. The van der Waals surface area contributed by atoms with Gasteiger partial charge in [-0.1, -0.05) is 0 Å². The number of ether oxygens (including phenoxy) is 3. The van der Waals surface area contributed by atoms with Crippen molar-refractivity contribution in [1.82, 2.24) is 0 Å². The van der Waals surface area contributed by atoms with E-state index in [4.69, 9.17) is 4.74 Å². The van der Waals surface area contributed by atoms with Gasteiger partial charge in [0.15, 0.2) is 0 Å². The average Bonchev–Trinajstić information content (AvgIpc) is 1.86. The monoisotopic (exact) mass is 149 g/mol. The smallest absolute Gasteiger partial charge is 0.394 e. The maximum Gasteiger partial charge on any atom is 0.408 e. The van der Waals surface area contributed by atoms with Gasteiger partial charge >= 0.3 is 12.6 Å². The van der Waals surface area contributed by atoms with E-state index in [1.165, 1.54) is 7.11 Å². The summed E-state index contributed by atoms with van der Waals surface area (Å²) in [6.45, 7) is 1.16. The van der Waals surface area contributed by atoms with E-state index >= 15 is 0 Å². The molecule has 0 saturated carbocycles. The lowest BCUT2D eigenvalue weighted by atomic mass is 10.9. The van der Waals surface area contributed by atoms with Crippen LogP contribution in [0.5, 0.6) is 0 Å². The molecule has 0 fully saturated rings. The van der Waals surface area contributed by atoms with E-state index in [2.05, 4.69) is 15.2 Å². The summed E-state index contributed by atoms with van der Waals surface area (Å²) in [5.74, 6) is 0. The van der Waals surface area contributed by atoms with E-state index in [1.807, 2.05) is 0 Å². The second-order valence-electron chi connectivity index (χ2n) is 1.42. The van der Waals surface area contributed by atoms with Crippen LogP contribution in [0.15, 0.2) is 0 Å². The molecule has 0 aliphatic heterocycles. The lowest BCUT2D eigenvalue weighted by molar-refractivity contribution is -0.244. The van der Waals surface area contributed by atoms with Crippen LogP contribution < -0.4 is 5.73 Å². The number of rotatable bonds is 4. The van der Waals surface area contributed by atoms with E-state index in [0.29, 0.717) is 6.61 Å². The first kappa shape index (κ1) is 9.19. The maximum atomic E-state index is 10.1. The second kappa shape index (κ2) is 5.01. The molecule has 0 saturated heterocycles. The molecule has 0 aromatic rings. The number of carbonyl (C=O) groups is 1. The van der Waals surface area contributed by atoms with Gasteiger partial charge in [-0.3, -0.25) is 0 Å². The lowest BCUT2D eigenvalue weighted by Crippen LogP contribution is -2.26. The molecule has 0 aromatic carbocycles. The number of nitrogens with two attached hydrogens (primary N) is 1. The van der Waals surface area contributed by atoms with Crippen molar-refractivity contribution in [2.24, 2.45) is 5.73 Å². The molecule has 1 unspecified atom stereocenters. The van der Waals surface area contributed by atoms with Crippen LogP contribution in [0.1, 0.15) is 6.92 Å². The van der Waals surface area contributed by atoms with Crippen LogP contribution in [0, 0.1) is 0 Å². The summed E-state index contributed by atoms with van der Waals surface area (Å²) in [6.07, 6.45) is -0.916. The summed E-state index contributed by atoms with van der Waals surface area (Å²) in [5.41, 5.74) is 4.68. The molecule has 0 bridgehead atoms. The van der Waals surface area contributed by atoms with Gasteiger partial charge in [0.25, 0.3) is 0 Å². The number of carbonyl (C=O) groups excluding carboxylic acids is 1. The number of hydrogen-bond acceptors (Lipinski definition) is 4. The number of methoxy groups -OCH3 is 1. The van der Waals surface area contributed by atoms with Gasteiger partial charge in [0.2, 0.25) is 0 Å². The van der Waals surface area contributed by atoms with Crippen LogP contribution >= 0.6 is 0 Å². The fraction of sp³-hybridized carbons (Fsp3) is 0.800. The Morgan fingerprint density at radius 1 is 1.70 bits per heavy atom. The van der Waals surface area contributed by atoms with Gasteiger partial charge in [-0.05, 0) is 6.92 Å². The van der Waals surface area contributed by atoms with Crippen molar-refractivity contribution in [3.05, 3.63) is 0 Å². The standard InChI is InChI=1S/C5H11NO4/c1-3-9-5(8-2)10-4(6)7/h5H,3H2,1-2H3,(H2,6,7). The minimum atomic E-state index is -0.984. The third-order valence-corrected chi connectivity index (χ3v) is 0.708. The Kier molecular flexibility index (Phi) is 4.61. The summed E-state index contributed by atoms with van der Waals surface area (Å²) in [4.78, 5) is 10.1. The van der Waals surface area contributed by atoms with E-state index in [1.54, 1.807) is 6.92 Å². The molecular weight excluding hydrogens is 138 g/mol. The molecule has 1 atom stereocenters. The van der Waals surface area contributed by atoms with Crippen molar-refractivity contribution in [3.63, 3.8) is 0 Å². The van der Waals surface area contributed by atoms with Crippen molar-refractivity contribution in [2.45, 2.75) is 13.4 Å². The molecule has 0 aliphatic carbocycles. The molecule has 2 N–H and O–H groups in total. The van der Waals surface area contributed by atoms with Crippen LogP contribution in [0.4, 0.5) is 4.79 Å². The molecule has 1 amide bonds. The molecule has 10 heavy (non-hydrogen) atoms. The third-order valence-electron chi connectivity index (χ3n) is 0.708. The Morgan fingerprint density at radius 2 is 2.30 bits per heavy atom. The van der Waals surface area contributed by atoms with Gasteiger partial charge in [0.05, 0.1) is 6.61 Å². The zero-order valence-corrected chi connectivity index (χ0v) is 5.99. The molecule has 5 nitrogen and oxygen atoms in total. The summed E-state index contributed by atoms with van der Waals surface area (Å²) in [7, 11) is 1.35. The molecule has 0 rings (SSSR count). The summed E-state index contributed by atoms with van der Waals surface area (Å²) in [5, 5.41) is 0. The Balaban J connectivity index is 3.49. The minimum absolute atomic E-state index is 0.395. The average molecular weight is 149 g/mol. The number of hydrogen-bond donors (Lipinski definition) is 1. The van der Waals surface area contributed by atoms with Crippen molar-refractivity contribution in [2.75, 3.05) is 13.7 Å². The Hall–Kier alpha value is -0.810. The Morgan fingerprint density at radius 3 is 2.60 bits per heavy atom. The highest BCUT2D eigenvalue weighted by molar-refractivity contribution is 5.64. The van der Waals surface area contributed by atoms with Gasteiger partial charge < -0.3 is 19.9 Å². The van der Waals surface area contributed by atoms with Crippen molar-refractivity contribution in [1.29, 1.82) is 0 Å². The Bertz CT molecular complexity index is 106. The van der Waals surface area contributed by atoms with Crippen LogP contribution in [-0.4, -0.2) is 26.3 Å². The van der Waals surface area contributed by atoms with E-state index in [-0.39, 0.29) is 0 Å². The zero-order chi connectivity index (χ0) is 7.98. The number of primary amides is 1. The highest BCUT2D eigenvalue weighted by atomic mass is 16.9. The van der Waals surface area contributed by atoms with Gasteiger partial charge in [0, 0.05) is 7.11 Å². The third kappa shape index (κ3) is 4.11. The van der Waals surface area contributed by atoms with Crippen molar-refractivity contribution < 1.29 is 19.0 Å². The quantitative estimate of drug-likeness (QED) is 0.573. The highest BCUT2D eigenvalue weighted by Gasteiger charge is 2.08. The van der Waals surface area contributed by atoms with E-state index in [9.17, 15) is 4.79 Å². The Labute approximate surface area is 59.0 Å². The predicted molar refractivity (Wildman–Crippen MR) is 33.1 cm³/mol. The molecule has 60 valence electrons. The van der Waals surface area contributed by atoms with Crippen LogP contribution in [-0.2, 0) is 14.2 Å². The minimum Gasteiger partial charge on any atom is -0.394 e. The zero-order valence-electron chi connectivity index (χ0n) is 5.99. The predicted octanol–water partition coefficient (Wildman–Crippen LogP) is 0.0482. The fourth-order valence-corrected chi connectivity index (χ4v) is 0.381. The highest BCUT2D eigenvalue weighted by Crippen LogP contribution is 1.93. The normalized spacial score (nSPS) is 12.6. The molecule has 0 aromatic heterocycles. The molecular formula is C5H11NO4. The van der Waals surface area contributed by atoms with Crippen LogP contribution in [0.25, 0.3) is 0 Å². The summed E-state index contributed by atoms with van der Waals surface area (Å²) < 4.78 is 13.6. The first-order valence-electron chi connectivity index (χ1n) is 2.81. The van der Waals surface area contributed by atoms with Gasteiger partial charge in [-0.25, -0.2) is 4.79 Å². The second-order valence-corrected chi connectivity index (χ2v) is 1.42. The van der Waals surface area contributed by atoms with Crippen LogP contribution in [0.2, 0.25) is 0 Å².